The Morgan fingerprint density at radius 2 is 2.00 bits per heavy atom. The van der Waals surface area contributed by atoms with Crippen molar-refractivity contribution in [3.63, 3.8) is 0 Å². The van der Waals surface area contributed by atoms with Gasteiger partial charge < -0.3 is 4.90 Å². The Morgan fingerprint density at radius 1 is 1.21 bits per heavy atom. The van der Waals surface area contributed by atoms with Crippen LogP contribution < -0.4 is 4.90 Å². The van der Waals surface area contributed by atoms with Crippen molar-refractivity contribution in [3.8, 4) is 0 Å². The predicted molar refractivity (Wildman–Crippen MR) is 107 cm³/mol. The number of halogens is 3. The zero-order valence-electron chi connectivity index (χ0n) is 15.3. The van der Waals surface area contributed by atoms with Crippen molar-refractivity contribution in [1.82, 2.24) is 14.8 Å². The molecule has 4 rings (SSSR count). The van der Waals surface area contributed by atoms with E-state index in [2.05, 4.69) is 10.1 Å². The van der Waals surface area contributed by atoms with E-state index in [-0.39, 0.29) is 29.7 Å². The standard InChI is InChI=1S/C20H15Cl2FN4O2/c1-11-10-26(15-2-3-16(21)17(22)6-15)20(29)19-13(8-25-27(11)19)5-18(28)12-4-14(23)9-24-7-12/h2-4,6-9,11H,5,10H2,1H3/t11-/m0/s1. The predicted octanol–water partition coefficient (Wildman–Crippen LogP) is 4.37. The topological polar surface area (TPSA) is 68.1 Å². The van der Waals surface area contributed by atoms with Crippen molar-refractivity contribution in [2.45, 2.75) is 19.4 Å². The van der Waals surface area contributed by atoms with Crippen LogP contribution >= 0.6 is 23.2 Å². The van der Waals surface area contributed by atoms with Gasteiger partial charge in [-0.1, -0.05) is 23.2 Å². The summed E-state index contributed by atoms with van der Waals surface area (Å²) in [6, 6.07) is 5.98. The summed E-state index contributed by atoms with van der Waals surface area (Å²) in [7, 11) is 0. The quantitative estimate of drug-likeness (QED) is 0.573. The van der Waals surface area contributed by atoms with Crippen LogP contribution in [0.25, 0.3) is 0 Å². The Bertz CT molecular complexity index is 1130. The van der Waals surface area contributed by atoms with E-state index in [1.54, 1.807) is 27.8 Å². The van der Waals surface area contributed by atoms with Gasteiger partial charge in [-0.2, -0.15) is 5.10 Å². The third kappa shape index (κ3) is 3.63. The summed E-state index contributed by atoms with van der Waals surface area (Å²) in [6.07, 6.45) is 3.74. The molecule has 3 aromatic rings. The fraction of sp³-hybridized carbons (Fsp3) is 0.200. The van der Waals surface area contributed by atoms with E-state index in [4.69, 9.17) is 23.2 Å². The van der Waals surface area contributed by atoms with Crippen LogP contribution in [0.15, 0.2) is 42.9 Å². The molecule has 1 aromatic carbocycles. The minimum Gasteiger partial charge on any atom is -0.305 e. The Labute approximate surface area is 175 Å². The Hall–Kier alpha value is -2.77. The van der Waals surface area contributed by atoms with E-state index in [0.717, 1.165) is 12.3 Å². The van der Waals surface area contributed by atoms with Gasteiger partial charge in [-0.3, -0.25) is 19.3 Å². The van der Waals surface area contributed by atoms with Gasteiger partial charge in [-0.15, -0.1) is 0 Å². The van der Waals surface area contributed by atoms with Crippen LogP contribution in [0.3, 0.4) is 0 Å². The van der Waals surface area contributed by atoms with E-state index in [9.17, 15) is 14.0 Å². The average molecular weight is 433 g/mol. The van der Waals surface area contributed by atoms with Crippen molar-refractivity contribution < 1.29 is 14.0 Å². The van der Waals surface area contributed by atoms with Crippen LogP contribution in [0.2, 0.25) is 10.0 Å². The van der Waals surface area contributed by atoms with Crippen molar-refractivity contribution in [3.05, 3.63) is 75.5 Å². The monoisotopic (exact) mass is 432 g/mol. The molecule has 0 fully saturated rings. The summed E-state index contributed by atoms with van der Waals surface area (Å²) in [5.74, 6) is -1.23. The van der Waals surface area contributed by atoms with Gasteiger partial charge in [0.25, 0.3) is 5.91 Å². The molecule has 0 radical (unpaired) electrons. The van der Waals surface area contributed by atoms with E-state index < -0.39 is 5.82 Å². The fourth-order valence-corrected chi connectivity index (χ4v) is 3.66. The third-order valence-electron chi connectivity index (χ3n) is 4.78. The zero-order valence-corrected chi connectivity index (χ0v) is 16.8. The third-order valence-corrected chi connectivity index (χ3v) is 5.52. The molecule has 1 atom stereocenters. The molecule has 0 saturated heterocycles. The first-order valence-electron chi connectivity index (χ1n) is 8.82. The van der Waals surface area contributed by atoms with Crippen LogP contribution in [0.5, 0.6) is 0 Å². The number of hydrogen-bond donors (Lipinski definition) is 0. The molecular weight excluding hydrogens is 418 g/mol. The summed E-state index contributed by atoms with van der Waals surface area (Å²) in [5, 5.41) is 5.03. The molecule has 1 aliphatic heterocycles. The lowest BCUT2D eigenvalue weighted by atomic mass is 10.0. The molecule has 0 bridgehead atoms. The molecular formula is C20H15Cl2FN4O2. The molecule has 29 heavy (non-hydrogen) atoms. The molecule has 0 saturated carbocycles. The van der Waals surface area contributed by atoms with Gasteiger partial charge in [-0.25, -0.2) is 4.39 Å². The minimum absolute atomic E-state index is 0.0891. The van der Waals surface area contributed by atoms with E-state index in [1.807, 2.05) is 6.92 Å². The van der Waals surface area contributed by atoms with Gasteiger partial charge in [0.2, 0.25) is 0 Å². The number of ketones is 1. The summed E-state index contributed by atoms with van der Waals surface area (Å²) in [5.41, 5.74) is 1.55. The Balaban J connectivity index is 1.67. The zero-order chi connectivity index (χ0) is 20.7. The highest BCUT2D eigenvalue weighted by atomic mass is 35.5. The normalized spacial score (nSPS) is 16.1. The Morgan fingerprint density at radius 3 is 2.72 bits per heavy atom. The molecule has 1 aliphatic rings. The summed E-state index contributed by atoms with van der Waals surface area (Å²) in [6.45, 7) is 2.32. The van der Waals surface area contributed by atoms with Gasteiger partial charge in [0.05, 0.1) is 28.5 Å². The highest BCUT2D eigenvalue weighted by Crippen LogP contribution is 2.32. The molecule has 0 N–H and O–H groups in total. The average Bonchev–Trinajstić information content (AvgIpc) is 3.11. The van der Waals surface area contributed by atoms with Crippen LogP contribution in [0, 0.1) is 5.82 Å². The van der Waals surface area contributed by atoms with E-state index in [1.165, 1.54) is 12.4 Å². The van der Waals surface area contributed by atoms with Gasteiger partial charge in [0.1, 0.15) is 11.5 Å². The van der Waals surface area contributed by atoms with Gasteiger partial charge in [-0.05, 0) is 31.2 Å². The van der Waals surface area contributed by atoms with Gasteiger partial charge >= 0.3 is 0 Å². The smallest absolute Gasteiger partial charge is 0.276 e. The lowest BCUT2D eigenvalue weighted by Gasteiger charge is -2.32. The molecule has 2 aromatic heterocycles. The lowest BCUT2D eigenvalue weighted by molar-refractivity contribution is 0.0951. The van der Waals surface area contributed by atoms with E-state index >= 15 is 0 Å². The van der Waals surface area contributed by atoms with Crippen LogP contribution in [-0.4, -0.2) is 33.0 Å². The number of carbonyl (C=O) groups is 2. The molecule has 6 nitrogen and oxygen atoms in total. The van der Waals surface area contributed by atoms with Crippen LogP contribution in [0.4, 0.5) is 10.1 Å². The van der Waals surface area contributed by atoms with Crippen molar-refractivity contribution >= 4 is 40.6 Å². The maximum absolute atomic E-state index is 13.4. The summed E-state index contributed by atoms with van der Waals surface area (Å²) >= 11 is 12.1. The maximum atomic E-state index is 13.4. The SMILES string of the molecule is C[C@H]1CN(c2ccc(Cl)c(Cl)c2)C(=O)c2c(CC(=O)c3cncc(F)c3)cnn21. The molecule has 3 heterocycles. The Kier molecular flexibility index (Phi) is 5.10. The molecule has 0 aliphatic carbocycles. The second-order valence-electron chi connectivity index (χ2n) is 6.82. The number of benzene rings is 1. The number of rotatable bonds is 4. The molecule has 0 spiro atoms. The van der Waals surface area contributed by atoms with Gasteiger partial charge in [0, 0.05) is 36.0 Å². The first-order valence-corrected chi connectivity index (χ1v) is 9.58. The van der Waals surface area contributed by atoms with Crippen molar-refractivity contribution in [1.29, 1.82) is 0 Å². The number of nitrogens with zero attached hydrogens (tertiary/aromatic N) is 4. The summed E-state index contributed by atoms with van der Waals surface area (Å²) < 4.78 is 15.0. The largest absolute Gasteiger partial charge is 0.305 e. The summed E-state index contributed by atoms with van der Waals surface area (Å²) in [4.78, 5) is 31.1. The van der Waals surface area contributed by atoms with Crippen molar-refractivity contribution in [2.24, 2.45) is 0 Å². The highest BCUT2D eigenvalue weighted by Gasteiger charge is 2.34. The number of anilines is 1. The number of carbonyl (C=O) groups excluding carboxylic acids is 2. The number of fused-ring (bicyclic) bond motifs is 1. The molecule has 9 heteroatoms. The minimum atomic E-state index is -0.594. The van der Waals surface area contributed by atoms with Crippen LogP contribution in [-0.2, 0) is 6.42 Å². The lowest BCUT2D eigenvalue weighted by Crippen LogP contribution is -2.43. The molecule has 1 amide bonds. The molecule has 148 valence electrons. The second-order valence-corrected chi connectivity index (χ2v) is 7.63. The van der Waals surface area contributed by atoms with Crippen LogP contribution in [0.1, 0.15) is 39.4 Å². The number of aromatic nitrogens is 3. The van der Waals surface area contributed by atoms with Gasteiger partial charge in [0.15, 0.2) is 5.78 Å². The highest BCUT2D eigenvalue weighted by molar-refractivity contribution is 6.42. The first-order chi connectivity index (χ1) is 13.8. The maximum Gasteiger partial charge on any atom is 0.276 e. The number of hydrogen-bond acceptors (Lipinski definition) is 4. The number of pyridine rings is 1. The fourth-order valence-electron chi connectivity index (χ4n) is 3.36. The second kappa shape index (κ2) is 7.57. The molecule has 0 unspecified atom stereocenters. The first kappa shape index (κ1) is 19.5. The van der Waals surface area contributed by atoms with Crippen molar-refractivity contribution in [2.75, 3.05) is 11.4 Å². The number of Topliss-reactive ketones (excluding diaryl/α,β-unsaturated/α-hetero) is 1. The van der Waals surface area contributed by atoms with E-state index in [0.29, 0.717) is 33.5 Å². The number of amides is 1.